The lowest BCUT2D eigenvalue weighted by Gasteiger charge is -2.19. The van der Waals surface area contributed by atoms with Crippen molar-refractivity contribution in [2.24, 2.45) is 0 Å². The Morgan fingerprint density at radius 1 is 1.42 bits per heavy atom. The van der Waals surface area contributed by atoms with Crippen molar-refractivity contribution >= 4 is 5.69 Å². The zero-order chi connectivity index (χ0) is 8.39. The molecule has 1 heterocycles. The van der Waals surface area contributed by atoms with E-state index in [4.69, 9.17) is 4.74 Å². The molecule has 1 unspecified atom stereocenters. The smallest absolute Gasteiger partial charge is 0.154 e. The van der Waals surface area contributed by atoms with Crippen LogP contribution in [0, 0.1) is 0 Å². The predicted molar refractivity (Wildman–Crippen MR) is 49.2 cm³/mol. The minimum atomic E-state index is 0.331. The van der Waals surface area contributed by atoms with Gasteiger partial charge in [0.2, 0.25) is 0 Å². The fourth-order valence-electron chi connectivity index (χ4n) is 1.39. The summed E-state index contributed by atoms with van der Waals surface area (Å²) in [5, 5.41) is 0. The monoisotopic (exact) mass is 163 g/mol. The van der Waals surface area contributed by atoms with Crippen molar-refractivity contribution in [3.8, 4) is 0 Å². The highest BCUT2D eigenvalue weighted by atomic mass is 16.6. The maximum absolute atomic E-state index is 5.24. The van der Waals surface area contributed by atoms with E-state index in [1.165, 1.54) is 5.69 Å². The molecule has 1 aromatic rings. The molecular weight excluding hydrogens is 150 g/mol. The van der Waals surface area contributed by atoms with E-state index in [1.807, 2.05) is 6.07 Å². The van der Waals surface area contributed by atoms with Crippen molar-refractivity contribution in [2.45, 2.75) is 13.2 Å². The Hall–Kier alpha value is -1.02. The van der Waals surface area contributed by atoms with Crippen LogP contribution in [-0.2, 0) is 4.74 Å². The number of para-hydroxylation sites is 1. The third kappa shape index (κ3) is 1.43. The second-order valence-corrected chi connectivity index (χ2v) is 2.91. The molecule has 1 aromatic carbocycles. The van der Waals surface area contributed by atoms with Crippen LogP contribution in [0.25, 0.3) is 0 Å². The molecule has 1 atom stereocenters. The van der Waals surface area contributed by atoms with E-state index >= 15 is 0 Å². The summed E-state index contributed by atoms with van der Waals surface area (Å²) in [5.74, 6) is 0. The number of anilines is 1. The average molecular weight is 163 g/mol. The van der Waals surface area contributed by atoms with Crippen LogP contribution in [0.3, 0.4) is 0 Å². The van der Waals surface area contributed by atoms with Gasteiger partial charge in [-0.25, -0.2) is 0 Å². The van der Waals surface area contributed by atoms with Gasteiger partial charge in [-0.2, -0.15) is 0 Å². The number of hydrogen-bond acceptors (Lipinski definition) is 2. The van der Waals surface area contributed by atoms with Crippen molar-refractivity contribution in [1.29, 1.82) is 0 Å². The summed E-state index contributed by atoms with van der Waals surface area (Å²) in [5.41, 5.74) is 1.25. The van der Waals surface area contributed by atoms with Gasteiger partial charge in [0.25, 0.3) is 0 Å². The first-order valence-electron chi connectivity index (χ1n) is 4.35. The molecule has 0 aliphatic carbocycles. The Bertz CT molecular complexity index is 243. The zero-order valence-electron chi connectivity index (χ0n) is 7.23. The van der Waals surface area contributed by atoms with Crippen molar-refractivity contribution < 1.29 is 4.74 Å². The molecule has 0 radical (unpaired) electrons. The first kappa shape index (κ1) is 7.62. The predicted octanol–water partition coefficient (Wildman–Crippen LogP) is 1.87. The van der Waals surface area contributed by atoms with Gasteiger partial charge in [-0.3, -0.25) is 0 Å². The van der Waals surface area contributed by atoms with Crippen LogP contribution >= 0.6 is 0 Å². The number of nitrogens with zero attached hydrogens (tertiary/aromatic N) is 1. The van der Waals surface area contributed by atoms with Gasteiger partial charge < -0.3 is 9.64 Å². The van der Waals surface area contributed by atoms with Crippen molar-refractivity contribution in [3.05, 3.63) is 30.3 Å². The normalized spacial score (nSPS) is 20.6. The van der Waals surface area contributed by atoms with E-state index in [0.29, 0.717) is 6.23 Å². The molecule has 1 aliphatic rings. The summed E-state index contributed by atoms with van der Waals surface area (Å²) < 4.78 is 5.24. The molecule has 12 heavy (non-hydrogen) atoms. The van der Waals surface area contributed by atoms with E-state index in [0.717, 1.165) is 13.2 Å². The molecule has 2 nitrogen and oxygen atoms in total. The number of hydrogen-bond donors (Lipinski definition) is 0. The van der Waals surface area contributed by atoms with Crippen LogP contribution < -0.4 is 4.90 Å². The number of epoxide rings is 1. The average Bonchev–Trinajstić information content (AvgIpc) is 2.92. The van der Waals surface area contributed by atoms with Crippen LogP contribution in [0.15, 0.2) is 30.3 Å². The van der Waals surface area contributed by atoms with Crippen LogP contribution in [0.5, 0.6) is 0 Å². The third-order valence-corrected chi connectivity index (χ3v) is 2.09. The summed E-state index contributed by atoms with van der Waals surface area (Å²) in [4.78, 5) is 2.26. The van der Waals surface area contributed by atoms with Gasteiger partial charge >= 0.3 is 0 Å². The van der Waals surface area contributed by atoms with E-state index in [1.54, 1.807) is 0 Å². The first-order chi connectivity index (χ1) is 5.92. The lowest BCUT2D eigenvalue weighted by atomic mass is 10.3. The van der Waals surface area contributed by atoms with Crippen molar-refractivity contribution in [1.82, 2.24) is 0 Å². The molecule has 0 amide bonds. The Kier molecular flexibility index (Phi) is 2.00. The molecule has 1 aliphatic heterocycles. The highest BCUT2D eigenvalue weighted by molar-refractivity contribution is 5.47. The summed E-state index contributed by atoms with van der Waals surface area (Å²) in [6.45, 7) is 4.03. The Labute approximate surface area is 72.8 Å². The molecule has 0 N–H and O–H groups in total. The number of benzene rings is 1. The molecule has 1 fully saturated rings. The molecule has 0 aromatic heterocycles. The second-order valence-electron chi connectivity index (χ2n) is 2.91. The number of rotatable bonds is 3. The van der Waals surface area contributed by atoms with Crippen LogP contribution in [0.1, 0.15) is 6.92 Å². The quantitative estimate of drug-likeness (QED) is 0.632. The van der Waals surface area contributed by atoms with Gasteiger partial charge in [-0.1, -0.05) is 18.2 Å². The number of likely N-dealkylation sites (N-methyl/N-ethyl adjacent to an activating group) is 1. The summed E-state index contributed by atoms with van der Waals surface area (Å²) >= 11 is 0. The minimum absolute atomic E-state index is 0.331. The summed E-state index contributed by atoms with van der Waals surface area (Å²) in [6, 6.07) is 10.4. The van der Waals surface area contributed by atoms with Crippen LogP contribution in [-0.4, -0.2) is 19.4 Å². The number of ether oxygens (including phenoxy) is 1. The molecule has 1 saturated heterocycles. The van der Waals surface area contributed by atoms with Gasteiger partial charge in [-0.15, -0.1) is 0 Å². The van der Waals surface area contributed by atoms with Crippen molar-refractivity contribution in [3.63, 3.8) is 0 Å². The van der Waals surface area contributed by atoms with Crippen LogP contribution in [0.4, 0.5) is 5.69 Å². The second kappa shape index (κ2) is 3.15. The fourth-order valence-corrected chi connectivity index (χ4v) is 1.39. The highest BCUT2D eigenvalue weighted by Gasteiger charge is 2.29. The molecule has 2 rings (SSSR count). The van der Waals surface area contributed by atoms with E-state index < -0.39 is 0 Å². The Morgan fingerprint density at radius 2 is 2.08 bits per heavy atom. The molecule has 0 spiro atoms. The Balaban J connectivity index is 2.15. The SMILES string of the molecule is CCN(c1ccccc1)C1CO1. The van der Waals surface area contributed by atoms with Gasteiger partial charge in [0.05, 0.1) is 6.61 Å². The molecule has 0 saturated carbocycles. The van der Waals surface area contributed by atoms with Crippen LogP contribution in [0.2, 0.25) is 0 Å². The lowest BCUT2D eigenvalue weighted by Crippen LogP contribution is -2.25. The topological polar surface area (TPSA) is 15.8 Å². The first-order valence-corrected chi connectivity index (χ1v) is 4.35. The Morgan fingerprint density at radius 3 is 2.58 bits per heavy atom. The van der Waals surface area contributed by atoms with E-state index in [2.05, 4.69) is 36.1 Å². The van der Waals surface area contributed by atoms with Gasteiger partial charge in [0.15, 0.2) is 6.23 Å². The summed E-state index contributed by atoms with van der Waals surface area (Å²) in [6.07, 6.45) is 0.331. The van der Waals surface area contributed by atoms with E-state index in [-0.39, 0.29) is 0 Å². The van der Waals surface area contributed by atoms with Gasteiger partial charge in [0.1, 0.15) is 0 Å². The highest BCUT2D eigenvalue weighted by Crippen LogP contribution is 2.22. The van der Waals surface area contributed by atoms with Gasteiger partial charge in [0, 0.05) is 12.2 Å². The standard InChI is InChI=1S/C10H13NO/c1-2-11(10-8-12-10)9-6-4-3-5-7-9/h3-7,10H,2,8H2,1H3. The minimum Gasteiger partial charge on any atom is -0.351 e. The molecule has 0 bridgehead atoms. The third-order valence-electron chi connectivity index (χ3n) is 2.09. The molecule has 2 heteroatoms. The molecular formula is C10H13NO. The fraction of sp³-hybridized carbons (Fsp3) is 0.400. The summed E-state index contributed by atoms with van der Waals surface area (Å²) in [7, 11) is 0. The maximum atomic E-state index is 5.24. The van der Waals surface area contributed by atoms with Gasteiger partial charge in [-0.05, 0) is 19.1 Å². The largest absolute Gasteiger partial charge is 0.351 e. The van der Waals surface area contributed by atoms with E-state index in [9.17, 15) is 0 Å². The molecule has 64 valence electrons. The maximum Gasteiger partial charge on any atom is 0.154 e. The zero-order valence-corrected chi connectivity index (χ0v) is 7.23. The lowest BCUT2D eigenvalue weighted by molar-refractivity contribution is 0.400. The van der Waals surface area contributed by atoms with Crippen molar-refractivity contribution in [2.75, 3.05) is 18.1 Å².